The number of hydrogen-bond acceptors (Lipinski definition) is 4. The summed E-state index contributed by atoms with van der Waals surface area (Å²) in [4.78, 5) is 17.3. The van der Waals surface area contributed by atoms with E-state index < -0.39 is 10.0 Å². The number of sulfonamides is 1. The topological polar surface area (TPSA) is 60.9 Å². The molecule has 2 saturated heterocycles. The van der Waals surface area contributed by atoms with Gasteiger partial charge in [-0.15, -0.1) is 0 Å². The SMILES string of the molecule is CCN1C[C@@H]2C3(CCN(S(=O)(=O)CC)CC3)CC[C@]2(C(=O)N(C)C)C1. The maximum atomic E-state index is 13.1. The Labute approximate surface area is 152 Å². The van der Waals surface area contributed by atoms with Gasteiger partial charge in [0.1, 0.15) is 0 Å². The minimum absolute atomic E-state index is 0.134. The predicted octanol–water partition coefficient (Wildman–Crippen LogP) is 1.24. The maximum absolute atomic E-state index is 13.1. The van der Waals surface area contributed by atoms with Gasteiger partial charge < -0.3 is 9.80 Å². The molecule has 0 aromatic rings. The van der Waals surface area contributed by atoms with E-state index in [1.54, 1.807) is 16.1 Å². The number of rotatable bonds is 4. The van der Waals surface area contributed by atoms with Crippen molar-refractivity contribution in [3.05, 3.63) is 0 Å². The number of carbonyl (C=O) groups is 1. The van der Waals surface area contributed by atoms with E-state index in [-0.39, 0.29) is 22.5 Å². The summed E-state index contributed by atoms with van der Waals surface area (Å²) in [7, 11) is 0.628. The lowest BCUT2D eigenvalue weighted by Gasteiger charge is -2.44. The molecule has 3 aliphatic rings. The Kier molecular flexibility index (Phi) is 4.97. The number of hydrogen-bond donors (Lipinski definition) is 0. The summed E-state index contributed by atoms with van der Waals surface area (Å²) in [6.45, 7) is 7.94. The van der Waals surface area contributed by atoms with Gasteiger partial charge in [-0.3, -0.25) is 4.79 Å². The maximum Gasteiger partial charge on any atom is 0.229 e. The van der Waals surface area contributed by atoms with E-state index in [0.29, 0.717) is 19.0 Å². The molecule has 0 N–H and O–H groups in total. The van der Waals surface area contributed by atoms with E-state index in [2.05, 4.69) is 11.8 Å². The predicted molar refractivity (Wildman–Crippen MR) is 98.7 cm³/mol. The molecule has 0 aromatic carbocycles. The summed E-state index contributed by atoms with van der Waals surface area (Å²) in [6.07, 6.45) is 3.81. The van der Waals surface area contributed by atoms with Gasteiger partial charge in [0.2, 0.25) is 15.9 Å². The fourth-order valence-corrected chi connectivity index (χ4v) is 6.79. The van der Waals surface area contributed by atoms with Crippen molar-refractivity contribution in [3.63, 3.8) is 0 Å². The first-order valence-electron chi connectivity index (χ1n) is 9.63. The molecular formula is C18H33N3O3S. The lowest BCUT2D eigenvalue weighted by atomic mass is 9.66. The van der Waals surface area contributed by atoms with Crippen LogP contribution in [0.5, 0.6) is 0 Å². The third-order valence-corrected chi connectivity index (χ3v) is 9.06. The number of fused-ring (bicyclic) bond motifs is 2. The first-order valence-corrected chi connectivity index (χ1v) is 11.2. The second kappa shape index (κ2) is 6.50. The zero-order valence-electron chi connectivity index (χ0n) is 16.1. The van der Waals surface area contributed by atoms with E-state index in [4.69, 9.17) is 0 Å². The normalized spacial score (nSPS) is 32.9. The highest BCUT2D eigenvalue weighted by Crippen LogP contribution is 2.62. The Hall–Kier alpha value is -0.660. The van der Waals surface area contributed by atoms with Gasteiger partial charge in [0.15, 0.2) is 0 Å². The van der Waals surface area contributed by atoms with Crippen LogP contribution < -0.4 is 0 Å². The molecule has 2 atom stereocenters. The molecule has 2 heterocycles. The van der Waals surface area contributed by atoms with Gasteiger partial charge >= 0.3 is 0 Å². The molecule has 6 nitrogen and oxygen atoms in total. The average Bonchev–Trinajstić information content (AvgIpc) is 3.12. The van der Waals surface area contributed by atoms with Crippen LogP contribution in [0.1, 0.15) is 39.5 Å². The van der Waals surface area contributed by atoms with Crippen molar-refractivity contribution in [2.75, 3.05) is 52.6 Å². The first-order chi connectivity index (χ1) is 11.7. The summed E-state index contributed by atoms with van der Waals surface area (Å²) in [5.74, 6) is 0.811. The van der Waals surface area contributed by atoms with Gasteiger partial charge in [-0.05, 0) is 50.5 Å². The van der Waals surface area contributed by atoms with Crippen molar-refractivity contribution in [3.8, 4) is 0 Å². The van der Waals surface area contributed by atoms with Crippen LogP contribution in [0.25, 0.3) is 0 Å². The number of piperidine rings is 1. The standard InChI is InChI=1S/C18H33N3O3S/c1-5-20-13-15-17(7-8-18(15,14-20)16(22)19(3)4)9-11-21(12-10-17)25(23,24)6-2/h15H,5-14H2,1-4H3/t15-,18+/m1/s1. The molecule has 144 valence electrons. The fraction of sp³-hybridized carbons (Fsp3) is 0.944. The minimum atomic E-state index is -3.10. The zero-order chi connectivity index (χ0) is 18.5. The molecule has 1 saturated carbocycles. The lowest BCUT2D eigenvalue weighted by Crippen LogP contribution is -2.49. The average molecular weight is 372 g/mol. The molecule has 2 aliphatic heterocycles. The fourth-order valence-electron chi connectivity index (χ4n) is 5.69. The Bertz CT molecular complexity index is 625. The van der Waals surface area contributed by atoms with Crippen LogP contribution in [0.3, 0.4) is 0 Å². The van der Waals surface area contributed by atoms with Crippen molar-refractivity contribution in [2.24, 2.45) is 16.7 Å². The summed E-state index contributed by atoms with van der Waals surface area (Å²) in [6, 6.07) is 0. The Balaban J connectivity index is 1.84. The van der Waals surface area contributed by atoms with Gasteiger partial charge in [0.25, 0.3) is 0 Å². The van der Waals surface area contributed by atoms with E-state index in [1.165, 1.54) is 0 Å². The number of nitrogens with zero attached hydrogens (tertiary/aromatic N) is 3. The lowest BCUT2D eigenvalue weighted by molar-refractivity contribution is -0.141. The summed E-state index contributed by atoms with van der Waals surface area (Å²) in [5.41, 5.74) is -0.124. The highest BCUT2D eigenvalue weighted by Gasteiger charge is 2.64. The van der Waals surface area contributed by atoms with Crippen molar-refractivity contribution >= 4 is 15.9 Å². The second-order valence-corrected chi connectivity index (χ2v) is 10.7. The molecule has 0 bridgehead atoms. The number of carbonyl (C=O) groups excluding carboxylic acids is 1. The molecule has 3 rings (SSSR count). The van der Waals surface area contributed by atoms with Crippen LogP contribution >= 0.6 is 0 Å². The van der Waals surface area contributed by atoms with Crippen molar-refractivity contribution < 1.29 is 13.2 Å². The van der Waals surface area contributed by atoms with Crippen LogP contribution in [0.2, 0.25) is 0 Å². The van der Waals surface area contributed by atoms with Crippen molar-refractivity contribution in [2.45, 2.75) is 39.5 Å². The van der Waals surface area contributed by atoms with Crippen molar-refractivity contribution in [1.29, 1.82) is 0 Å². The van der Waals surface area contributed by atoms with Gasteiger partial charge in [-0.1, -0.05) is 6.92 Å². The molecule has 1 amide bonds. The van der Waals surface area contributed by atoms with Crippen molar-refractivity contribution in [1.82, 2.24) is 14.1 Å². The molecule has 0 aromatic heterocycles. The molecule has 1 spiro atoms. The van der Waals surface area contributed by atoms with Crippen LogP contribution in [0.15, 0.2) is 0 Å². The quantitative estimate of drug-likeness (QED) is 0.746. The largest absolute Gasteiger partial charge is 0.348 e. The number of likely N-dealkylation sites (tertiary alicyclic amines) is 1. The smallest absolute Gasteiger partial charge is 0.229 e. The van der Waals surface area contributed by atoms with E-state index in [0.717, 1.165) is 45.3 Å². The summed E-state index contributed by atoms with van der Waals surface area (Å²) in [5, 5.41) is 0. The molecule has 3 fully saturated rings. The molecule has 0 radical (unpaired) electrons. The third-order valence-electron chi connectivity index (χ3n) is 7.18. The minimum Gasteiger partial charge on any atom is -0.348 e. The molecule has 25 heavy (non-hydrogen) atoms. The monoisotopic (exact) mass is 371 g/mol. The van der Waals surface area contributed by atoms with Gasteiger partial charge in [0, 0.05) is 40.3 Å². The van der Waals surface area contributed by atoms with E-state index >= 15 is 0 Å². The molecular weight excluding hydrogens is 338 g/mol. The molecule has 7 heteroatoms. The first kappa shape index (κ1) is 19.1. The van der Waals surface area contributed by atoms with Gasteiger partial charge in [0.05, 0.1) is 11.2 Å². The second-order valence-electron chi connectivity index (χ2n) is 8.40. The van der Waals surface area contributed by atoms with Crippen LogP contribution in [0, 0.1) is 16.7 Å². The van der Waals surface area contributed by atoms with Crippen LogP contribution in [-0.4, -0.2) is 81.0 Å². The number of amides is 1. The highest BCUT2D eigenvalue weighted by molar-refractivity contribution is 7.89. The Morgan fingerprint density at radius 2 is 1.76 bits per heavy atom. The summed E-state index contributed by atoms with van der Waals surface area (Å²) < 4.78 is 26.1. The Morgan fingerprint density at radius 3 is 2.28 bits per heavy atom. The third kappa shape index (κ3) is 2.92. The summed E-state index contributed by atoms with van der Waals surface area (Å²) >= 11 is 0. The zero-order valence-corrected chi connectivity index (χ0v) is 16.9. The van der Waals surface area contributed by atoms with E-state index in [9.17, 15) is 13.2 Å². The van der Waals surface area contributed by atoms with Crippen LogP contribution in [-0.2, 0) is 14.8 Å². The molecule has 1 aliphatic carbocycles. The van der Waals surface area contributed by atoms with Gasteiger partial charge in [-0.2, -0.15) is 0 Å². The van der Waals surface area contributed by atoms with Gasteiger partial charge in [-0.25, -0.2) is 12.7 Å². The highest BCUT2D eigenvalue weighted by atomic mass is 32.2. The van der Waals surface area contributed by atoms with E-state index in [1.807, 2.05) is 14.1 Å². The Morgan fingerprint density at radius 1 is 1.12 bits per heavy atom. The van der Waals surface area contributed by atoms with Crippen LogP contribution in [0.4, 0.5) is 0 Å². The molecule has 0 unspecified atom stereocenters.